The molecule has 0 aliphatic rings. The second-order valence-electron chi connectivity index (χ2n) is 3.04. The van der Waals surface area contributed by atoms with Gasteiger partial charge in [-0.05, 0) is 6.42 Å². The van der Waals surface area contributed by atoms with Gasteiger partial charge in [-0.1, -0.05) is 0 Å². The van der Waals surface area contributed by atoms with Crippen molar-refractivity contribution in [3.8, 4) is 0 Å². The Morgan fingerprint density at radius 1 is 1.00 bits per heavy atom. The summed E-state index contributed by atoms with van der Waals surface area (Å²) in [6.07, 6.45) is -0.707. The van der Waals surface area contributed by atoms with Gasteiger partial charge >= 0.3 is 23.9 Å². The van der Waals surface area contributed by atoms with E-state index in [9.17, 15) is 19.2 Å². The minimum atomic E-state index is -1.39. The maximum absolute atomic E-state index is 11.0. The molecule has 0 aromatic carbocycles. The van der Waals surface area contributed by atoms with Crippen LogP contribution in [-0.2, 0) is 14.4 Å². The average molecular weight is 248 g/mol. The third kappa shape index (κ3) is 7.59. The van der Waals surface area contributed by atoms with Crippen molar-refractivity contribution in [1.82, 2.24) is 10.6 Å². The van der Waals surface area contributed by atoms with Crippen LogP contribution in [0.1, 0.15) is 12.8 Å². The average Bonchev–Trinajstić information content (AvgIpc) is 2.20. The molecule has 0 saturated carbocycles. The molecule has 9 heteroatoms. The smallest absolute Gasteiger partial charge is 0.326 e. The molecule has 0 aliphatic heterocycles. The molecule has 0 bridgehead atoms. The van der Waals surface area contributed by atoms with Crippen LogP contribution in [0.15, 0.2) is 0 Å². The highest BCUT2D eigenvalue weighted by atomic mass is 16.4. The molecule has 96 valence electrons. The van der Waals surface area contributed by atoms with Gasteiger partial charge in [-0.25, -0.2) is 9.59 Å². The van der Waals surface area contributed by atoms with E-state index in [4.69, 9.17) is 15.3 Å². The lowest BCUT2D eigenvalue weighted by Gasteiger charge is -2.13. The van der Waals surface area contributed by atoms with Crippen molar-refractivity contribution in [3.63, 3.8) is 0 Å². The largest absolute Gasteiger partial charge is 0.481 e. The zero-order valence-corrected chi connectivity index (χ0v) is 8.67. The first-order valence-electron chi connectivity index (χ1n) is 4.53. The molecule has 17 heavy (non-hydrogen) atoms. The number of nitrogens with one attached hydrogen (secondary N) is 2. The van der Waals surface area contributed by atoms with E-state index in [0.29, 0.717) is 0 Å². The van der Waals surface area contributed by atoms with Crippen molar-refractivity contribution in [3.05, 3.63) is 0 Å². The molecule has 2 amide bonds. The Bertz CT molecular complexity index is 328. The number of hydrogen-bond acceptors (Lipinski definition) is 4. The highest BCUT2D eigenvalue weighted by Gasteiger charge is 2.20. The summed E-state index contributed by atoms with van der Waals surface area (Å²) in [5.74, 6) is -3.86. The molecule has 5 N–H and O–H groups in total. The fourth-order valence-electron chi connectivity index (χ4n) is 0.890. The number of carboxylic acids is 3. The van der Waals surface area contributed by atoms with E-state index >= 15 is 0 Å². The standard InChI is InChI=1S/C8H12N2O7/c11-5(12)2-1-4(7(15)16)10-8(17)9-3-6(13)14/h4H,1-3H2,(H,11,12)(H,13,14)(H,15,16)(H2,9,10,17)/t4-/m1/s1. The van der Waals surface area contributed by atoms with Crippen molar-refractivity contribution in [2.24, 2.45) is 0 Å². The summed E-state index contributed by atoms with van der Waals surface area (Å²) in [4.78, 5) is 42.0. The zero-order chi connectivity index (χ0) is 13.4. The molecule has 0 radical (unpaired) electrons. The summed E-state index contributed by atoms with van der Waals surface area (Å²) in [5, 5.41) is 29.1. The van der Waals surface area contributed by atoms with E-state index in [2.05, 4.69) is 0 Å². The summed E-state index contributed by atoms with van der Waals surface area (Å²) in [5.41, 5.74) is 0. The SMILES string of the molecule is O=C(O)CC[C@@H](NC(=O)NCC(=O)O)C(=O)O. The minimum absolute atomic E-state index is 0.287. The van der Waals surface area contributed by atoms with Crippen LogP contribution < -0.4 is 10.6 Å². The Labute approximate surface area is 95.4 Å². The van der Waals surface area contributed by atoms with E-state index in [1.54, 1.807) is 0 Å². The number of amides is 2. The number of aliphatic carboxylic acids is 3. The molecule has 0 heterocycles. The molecule has 0 aliphatic carbocycles. The Balaban J connectivity index is 4.15. The van der Waals surface area contributed by atoms with Crippen LogP contribution in [0, 0.1) is 0 Å². The van der Waals surface area contributed by atoms with Gasteiger partial charge in [0.15, 0.2) is 0 Å². The number of carbonyl (C=O) groups excluding carboxylic acids is 1. The number of carboxylic acid groups (broad SMARTS) is 3. The lowest BCUT2D eigenvalue weighted by Crippen LogP contribution is -2.47. The van der Waals surface area contributed by atoms with Crippen LogP contribution in [-0.4, -0.2) is 51.8 Å². The van der Waals surface area contributed by atoms with Crippen LogP contribution in [0.25, 0.3) is 0 Å². The molecular weight excluding hydrogens is 236 g/mol. The first-order chi connectivity index (χ1) is 7.82. The topological polar surface area (TPSA) is 153 Å². The highest BCUT2D eigenvalue weighted by Crippen LogP contribution is 1.97. The Kier molecular flexibility index (Phi) is 6.08. The van der Waals surface area contributed by atoms with Crippen molar-refractivity contribution < 1.29 is 34.5 Å². The van der Waals surface area contributed by atoms with E-state index in [0.717, 1.165) is 0 Å². The van der Waals surface area contributed by atoms with Gasteiger partial charge in [0.2, 0.25) is 0 Å². The maximum atomic E-state index is 11.0. The Morgan fingerprint density at radius 2 is 1.59 bits per heavy atom. The van der Waals surface area contributed by atoms with Crippen molar-refractivity contribution in [1.29, 1.82) is 0 Å². The molecule has 0 fully saturated rings. The van der Waals surface area contributed by atoms with E-state index in [-0.39, 0.29) is 6.42 Å². The molecule has 0 rings (SSSR count). The summed E-state index contributed by atoms with van der Waals surface area (Å²) in [7, 11) is 0. The van der Waals surface area contributed by atoms with Crippen LogP contribution in [0.3, 0.4) is 0 Å². The van der Waals surface area contributed by atoms with Gasteiger partial charge in [0.1, 0.15) is 12.6 Å². The predicted molar refractivity (Wildman–Crippen MR) is 52.5 cm³/mol. The molecule has 0 saturated heterocycles. The van der Waals surface area contributed by atoms with E-state index < -0.39 is 42.9 Å². The molecule has 0 unspecified atom stereocenters. The summed E-state index contributed by atoms with van der Waals surface area (Å²) in [6, 6.07) is -2.36. The van der Waals surface area contributed by atoms with Gasteiger partial charge in [0.05, 0.1) is 0 Å². The normalized spacial score (nSPS) is 11.3. The summed E-state index contributed by atoms with van der Waals surface area (Å²) < 4.78 is 0. The minimum Gasteiger partial charge on any atom is -0.481 e. The second-order valence-corrected chi connectivity index (χ2v) is 3.04. The monoisotopic (exact) mass is 248 g/mol. The highest BCUT2D eigenvalue weighted by molar-refractivity contribution is 5.84. The molecule has 1 atom stereocenters. The van der Waals surface area contributed by atoms with Gasteiger partial charge in [0, 0.05) is 6.42 Å². The fraction of sp³-hybridized carbons (Fsp3) is 0.500. The number of rotatable bonds is 7. The third-order valence-corrected chi connectivity index (χ3v) is 1.65. The quantitative estimate of drug-likeness (QED) is 0.374. The maximum Gasteiger partial charge on any atom is 0.326 e. The number of hydrogen-bond donors (Lipinski definition) is 5. The van der Waals surface area contributed by atoms with Gasteiger partial charge in [0.25, 0.3) is 0 Å². The summed E-state index contributed by atoms with van der Waals surface area (Å²) in [6.45, 7) is -0.656. The Hall–Kier alpha value is -2.32. The predicted octanol–water partition coefficient (Wildman–Crippen LogP) is -1.31. The van der Waals surface area contributed by atoms with Crippen LogP contribution in [0.2, 0.25) is 0 Å². The van der Waals surface area contributed by atoms with Crippen molar-refractivity contribution in [2.75, 3.05) is 6.54 Å². The van der Waals surface area contributed by atoms with Crippen molar-refractivity contribution >= 4 is 23.9 Å². The number of carbonyl (C=O) groups is 4. The van der Waals surface area contributed by atoms with E-state index in [1.165, 1.54) is 0 Å². The van der Waals surface area contributed by atoms with Gasteiger partial charge < -0.3 is 26.0 Å². The van der Waals surface area contributed by atoms with Gasteiger partial charge in [-0.2, -0.15) is 0 Å². The van der Waals surface area contributed by atoms with Crippen molar-refractivity contribution in [2.45, 2.75) is 18.9 Å². The molecule has 0 aromatic heterocycles. The van der Waals surface area contributed by atoms with E-state index in [1.807, 2.05) is 10.6 Å². The van der Waals surface area contributed by atoms with Crippen LogP contribution in [0.5, 0.6) is 0 Å². The zero-order valence-electron chi connectivity index (χ0n) is 8.67. The molecule has 0 spiro atoms. The van der Waals surface area contributed by atoms with Crippen LogP contribution >= 0.6 is 0 Å². The molecular formula is C8H12N2O7. The second kappa shape index (κ2) is 7.04. The van der Waals surface area contributed by atoms with Crippen LogP contribution in [0.4, 0.5) is 4.79 Å². The molecule has 9 nitrogen and oxygen atoms in total. The van der Waals surface area contributed by atoms with Gasteiger partial charge in [-0.15, -0.1) is 0 Å². The third-order valence-electron chi connectivity index (χ3n) is 1.65. The Morgan fingerprint density at radius 3 is 2.00 bits per heavy atom. The number of urea groups is 1. The summed E-state index contributed by atoms with van der Waals surface area (Å²) >= 11 is 0. The lowest BCUT2D eigenvalue weighted by molar-refractivity contribution is -0.140. The first kappa shape index (κ1) is 14.7. The fourth-order valence-corrected chi connectivity index (χ4v) is 0.890. The first-order valence-corrected chi connectivity index (χ1v) is 4.53. The molecule has 0 aromatic rings. The van der Waals surface area contributed by atoms with Gasteiger partial charge in [-0.3, -0.25) is 9.59 Å². The lowest BCUT2D eigenvalue weighted by atomic mass is 10.1.